The van der Waals surface area contributed by atoms with E-state index in [-0.39, 0.29) is 29.6 Å². The largest absolute Gasteiger partial charge is 0.504 e. The van der Waals surface area contributed by atoms with Crippen molar-refractivity contribution in [2.75, 3.05) is 20.3 Å². The van der Waals surface area contributed by atoms with Crippen LogP contribution < -0.4 is 4.74 Å². The molecule has 2 fully saturated rings. The molecule has 0 spiro atoms. The van der Waals surface area contributed by atoms with Crippen LogP contribution in [0.5, 0.6) is 23.0 Å². The van der Waals surface area contributed by atoms with Gasteiger partial charge in [0.05, 0.1) is 19.8 Å². The minimum atomic E-state index is -1.73. The first-order valence-electron chi connectivity index (χ1n) is 14.1. The van der Waals surface area contributed by atoms with Crippen LogP contribution in [0.3, 0.4) is 0 Å². The Kier molecular flexibility index (Phi) is 11.6. The Labute approximate surface area is 258 Å². The van der Waals surface area contributed by atoms with Crippen molar-refractivity contribution in [3.63, 3.8) is 0 Å². The number of methoxy groups -OCH3 is 1. The van der Waals surface area contributed by atoms with Crippen LogP contribution in [0.25, 0.3) is 6.08 Å². The Morgan fingerprint density at radius 2 is 1.58 bits per heavy atom. The summed E-state index contributed by atoms with van der Waals surface area (Å²) in [6.45, 7) is 0.892. The number of benzene rings is 2. The van der Waals surface area contributed by atoms with E-state index >= 15 is 0 Å². The molecule has 0 aromatic heterocycles. The highest BCUT2D eigenvalue weighted by Crippen LogP contribution is 2.31. The second-order valence-corrected chi connectivity index (χ2v) is 10.6. The zero-order chi connectivity index (χ0) is 32.8. The third kappa shape index (κ3) is 8.40. The number of phenols is 3. The predicted octanol–water partition coefficient (Wildman–Crippen LogP) is -0.713. The minimum Gasteiger partial charge on any atom is -0.504 e. The molecule has 4 rings (SSSR count). The molecule has 45 heavy (non-hydrogen) atoms. The smallest absolute Gasteiger partial charge is 0.330 e. The molecule has 2 saturated heterocycles. The van der Waals surface area contributed by atoms with Crippen molar-refractivity contribution < 1.29 is 74.1 Å². The predicted molar refractivity (Wildman–Crippen MR) is 152 cm³/mol. The van der Waals surface area contributed by atoms with E-state index in [1.165, 1.54) is 44.4 Å². The van der Waals surface area contributed by atoms with Gasteiger partial charge < -0.3 is 69.3 Å². The van der Waals surface area contributed by atoms with Gasteiger partial charge in [-0.15, -0.1) is 0 Å². The molecule has 15 heteroatoms. The summed E-state index contributed by atoms with van der Waals surface area (Å²) in [7, 11) is 1.40. The van der Waals surface area contributed by atoms with E-state index in [0.717, 1.165) is 11.6 Å². The topological polar surface area (TPSA) is 234 Å². The highest BCUT2D eigenvalue weighted by Gasteiger charge is 2.50. The number of ether oxygens (including phenoxy) is 6. The Morgan fingerprint density at radius 1 is 0.844 bits per heavy atom. The van der Waals surface area contributed by atoms with Gasteiger partial charge in [0.2, 0.25) is 0 Å². The zero-order valence-corrected chi connectivity index (χ0v) is 24.4. The average molecular weight is 639 g/mol. The van der Waals surface area contributed by atoms with Gasteiger partial charge in [-0.2, -0.15) is 0 Å². The lowest BCUT2D eigenvalue weighted by Gasteiger charge is -2.45. The van der Waals surface area contributed by atoms with Crippen LogP contribution in [-0.2, 0) is 34.9 Å². The van der Waals surface area contributed by atoms with E-state index in [4.69, 9.17) is 28.4 Å². The summed E-state index contributed by atoms with van der Waals surface area (Å²) in [6, 6.07) is 8.61. The lowest BCUT2D eigenvalue weighted by atomic mass is 9.97. The summed E-state index contributed by atoms with van der Waals surface area (Å²) in [5.41, 5.74) is 1.11. The SMILES string of the molecule is COc1cc(CCO[C@@H]2O[C@H](COC(=O)/C=C/c3ccc(O)c(O)c3)[C@@H](O)[C@H](O[C@@H]3O[C@@H](C)[C@H](O)[C@@H](O)[C@H]3O)[C@H]2O)ccc1O. The van der Waals surface area contributed by atoms with Crippen LogP contribution in [0.1, 0.15) is 18.1 Å². The molecule has 0 unspecified atom stereocenters. The van der Waals surface area contributed by atoms with E-state index in [2.05, 4.69) is 0 Å². The van der Waals surface area contributed by atoms with Gasteiger partial charge in [-0.3, -0.25) is 0 Å². The molecule has 2 aliphatic rings. The number of phenolic OH excluding ortho intramolecular Hbond substituents is 3. The summed E-state index contributed by atoms with van der Waals surface area (Å²) in [4.78, 5) is 12.4. The fourth-order valence-corrected chi connectivity index (χ4v) is 4.81. The van der Waals surface area contributed by atoms with Gasteiger partial charge in [0.1, 0.15) is 49.3 Å². The monoisotopic (exact) mass is 638 g/mol. The van der Waals surface area contributed by atoms with Crippen molar-refractivity contribution in [3.8, 4) is 23.0 Å². The molecule has 2 aromatic carbocycles. The quantitative estimate of drug-likeness (QED) is 0.0862. The van der Waals surface area contributed by atoms with Gasteiger partial charge in [-0.05, 0) is 54.8 Å². The zero-order valence-electron chi connectivity index (χ0n) is 24.4. The van der Waals surface area contributed by atoms with Crippen LogP contribution >= 0.6 is 0 Å². The molecule has 8 N–H and O–H groups in total. The molecule has 2 aliphatic heterocycles. The number of aliphatic hydroxyl groups excluding tert-OH is 5. The van der Waals surface area contributed by atoms with E-state index in [0.29, 0.717) is 12.0 Å². The first kappa shape index (κ1) is 34.4. The molecule has 0 radical (unpaired) electrons. The number of carbonyl (C=O) groups is 1. The lowest BCUT2D eigenvalue weighted by Crippen LogP contribution is -2.64. The number of hydrogen-bond donors (Lipinski definition) is 8. The van der Waals surface area contributed by atoms with Gasteiger partial charge in [0.15, 0.2) is 35.6 Å². The van der Waals surface area contributed by atoms with Gasteiger partial charge in [0, 0.05) is 6.08 Å². The Morgan fingerprint density at radius 3 is 2.29 bits per heavy atom. The molecule has 15 nitrogen and oxygen atoms in total. The molecule has 248 valence electrons. The molecule has 0 amide bonds. The molecular weight excluding hydrogens is 600 g/mol. The second kappa shape index (κ2) is 15.2. The van der Waals surface area contributed by atoms with E-state index < -0.39 is 74.0 Å². The van der Waals surface area contributed by atoms with E-state index in [9.17, 15) is 45.6 Å². The number of aromatic hydroxyl groups is 3. The third-order valence-corrected chi connectivity index (χ3v) is 7.46. The van der Waals surface area contributed by atoms with Crippen LogP contribution in [0.4, 0.5) is 0 Å². The maximum Gasteiger partial charge on any atom is 0.330 e. The molecule has 10 atom stereocenters. The van der Waals surface area contributed by atoms with E-state index in [1.807, 2.05) is 0 Å². The molecule has 0 aliphatic carbocycles. The highest BCUT2D eigenvalue weighted by molar-refractivity contribution is 5.87. The first-order valence-corrected chi connectivity index (χ1v) is 14.1. The van der Waals surface area contributed by atoms with Crippen molar-refractivity contribution in [1.82, 2.24) is 0 Å². The molecule has 2 aromatic rings. The summed E-state index contributed by atoms with van der Waals surface area (Å²) >= 11 is 0. The third-order valence-electron chi connectivity index (χ3n) is 7.46. The normalized spacial score (nSPS) is 32.0. The van der Waals surface area contributed by atoms with Gasteiger partial charge in [-0.25, -0.2) is 4.79 Å². The molecular formula is C30H38O15. The van der Waals surface area contributed by atoms with Gasteiger partial charge >= 0.3 is 5.97 Å². The minimum absolute atomic E-state index is 0.0162. The van der Waals surface area contributed by atoms with Crippen molar-refractivity contribution in [1.29, 1.82) is 0 Å². The fourth-order valence-electron chi connectivity index (χ4n) is 4.81. The van der Waals surface area contributed by atoms with Crippen molar-refractivity contribution in [2.45, 2.75) is 74.8 Å². The van der Waals surface area contributed by atoms with Crippen LogP contribution in [0, 0.1) is 0 Å². The second-order valence-electron chi connectivity index (χ2n) is 10.6. The number of hydrogen-bond acceptors (Lipinski definition) is 15. The maximum absolute atomic E-state index is 12.4. The summed E-state index contributed by atoms with van der Waals surface area (Å²) in [5.74, 6) is -1.35. The van der Waals surface area contributed by atoms with Gasteiger partial charge in [-0.1, -0.05) is 12.1 Å². The van der Waals surface area contributed by atoms with Crippen LogP contribution in [0.2, 0.25) is 0 Å². The Balaban J connectivity index is 1.45. The molecule has 2 heterocycles. The fraction of sp³-hybridized carbons (Fsp3) is 0.500. The molecule has 0 bridgehead atoms. The number of carbonyl (C=O) groups excluding carboxylic acids is 1. The Bertz CT molecular complexity index is 1320. The number of rotatable bonds is 11. The molecule has 0 saturated carbocycles. The van der Waals surface area contributed by atoms with Crippen molar-refractivity contribution >= 4 is 12.0 Å². The van der Waals surface area contributed by atoms with Crippen LogP contribution in [-0.4, -0.2) is 129 Å². The van der Waals surface area contributed by atoms with Gasteiger partial charge in [0.25, 0.3) is 0 Å². The Hall–Kier alpha value is -3.51. The maximum atomic E-state index is 12.4. The number of esters is 1. The average Bonchev–Trinajstić information content (AvgIpc) is 3.02. The summed E-state index contributed by atoms with van der Waals surface area (Å²) in [6.07, 6.45) is -12.2. The standard InChI is InChI=1S/C30H38O15/c1-14-23(35)25(37)26(38)30(43-14)45-28-24(36)21(13-42-22(34)8-5-15-3-6-17(31)19(33)11-15)44-29(27(28)39)41-10-9-16-4-7-18(32)20(12-16)40-2/h3-8,11-12,14,21,23-33,35-39H,9-10,13H2,1-2H3/b8-5+/t14-,21+,23-,24+,25+,26+,27+,28-,29+,30-/m0/s1. The number of aliphatic hydroxyl groups is 5. The van der Waals surface area contributed by atoms with Crippen molar-refractivity contribution in [2.24, 2.45) is 0 Å². The van der Waals surface area contributed by atoms with E-state index in [1.54, 1.807) is 12.1 Å². The van der Waals surface area contributed by atoms with Crippen LogP contribution in [0.15, 0.2) is 42.5 Å². The lowest BCUT2D eigenvalue weighted by molar-refractivity contribution is -0.357. The highest BCUT2D eigenvalue weighted by atomic mass is 16.7. The summed E-state index contributed by atoms with van der Waals surface area (Å²) < 4.78 is 33.0. The first-order chi connectivity index (χ1) is 21.4. The van der Waals surface area contributed by atoms with Crippen molar-refractivity contribution in [3.05, 3.63) is 53.6 Å². The summed E-state index contributed by atoms with van der Waals surface area (Å²) in [5, 5.41) is 81.6.